The molecular weight excluding hydrogens is 522 g/mol. The van der Waals surface area contributed by atoms with Gasteiger partial charge < -0.3 is 15.5 Å². The van der Waals surface area contributed by atoms with Crippen molar-refractivity contribution in [1.82, 2.24) is 25.3 Å². The van der Waals surface area contributed by atoms with Crippen molar-refractivity contribution >= 4 is 52.5 Å². The number of nitrogens with zero attached hydrogens (tertiary/aromatic N) is 5. The summed E-state index contributed by atoms with van der Waals surface area (Å²) in [5.74, 6) is 1.39. The fourth-order valence-electron chi connectivity index (χ4n) is 5.23. The molecule has 0 unspecified atom stereocenters. The minimum Gasteiger partial charge on any atom is -0.361 e. The summed E-state index contributed by atoms with van der Waals surface area (Å²) in [4.78, 5) is 20.6. The summed E-state index contributed by atoms with van der Waals surface area (Å²) >= 11 is 13.3. The number of piperidine rings is 1. The van der Waals surface area contributed by atoms with Crippen molar-refractivity contribution in [3.8, 4) is 0 Å². The first-order valence-corrected chi connectivity index (χ1v) is 14.6. The molecular formula is C27H32ClN7S2. The molecule has 1 aliphatic heterocycles. The van der Waals surface area contributed by atoms with Crippen LogP contribution in [0.3, 0.4) is 0 Å². The number of benzene rings is 1. The Morgan fingerprint density at radius 3 is 2.41 bits per heavy atom. The lowest BCUT2D eigenvalue weighted by atomic mass is 9.69. The van der Waals surface area contributed by atoms with Crippen molar-refractivity contribution in [3.63, 3.8) is 0 Å². The number of hydrogen-bond donors (Lipinski definition) is 2. The second-order valence-corrected chi connectivity index (χ2v) is 11.6. The van der Waals surface area contributed by atoms with Crippen LogP contribution >= 0.6 is 35.6 Å². The van der Waals surface area contributed by atoms with E-state index in [1.807, 2.05) is 24.3 Å². The van der Waals surface area contributed by atoms with Gasteiger partial charge in [0.1, 0.15) is 10.8 Å². The molecule has 5 rings (SSSR count). The average molecular weight is 554 g/mol. The van der Waals surface area contributed by atoms with Crippen LogP contribution in [-0.4, -0.2) is 44.7 Å². The molecule has 2 N–H and O–H groups in total. The molecule has 2 fully saturated rings. The highest BCUT2D eigenvalue weighted by molar-refractivity contribution is 7.99. The summed E-state index contributed by atoms with van der Waals surface area (Å²) in [7, 11) is 0. The van der Waals surface area contributed by atoms with Crippen LogP contribution in [0.5, 0.6) is 0 Å². The van der Waals surface area contributed by atoms with Crippen LogP contribution in [-0.2, 0) is 5.41 Å². The van der Waals surface area contributed by atoms with Crippen LogP contribution in [0, 0.1) is 0 Å². The number of hydrogen-bond acceptors (Lipinski definition) is 7. The highest BCUT2D eigenvalue weighted by Gasteiger charge is 2.34. The maximum atomic E-state index is 6.17. The Bertz CT molecular complexity index is 1180. The largest absolute Gasteiger partial charge is 0.361 e. The smallest absolute Gasteiger partial charge is 0.232 e. The molecule has 1 saturated heterocycles. The van der Waals surface area contributed by atoms with Gasteiger partial charge in [-0.05, 0) is 79.8 Å². The van der Waals surface area contributed by atoms with Crippen LogP contribution in [0.25, 0.3) is 0 Å². The second-order valence-electron chi connectivity index (χ2n) is 9.72. The van der Waals surface area contributed by atoms with Crippen molar-refractivity contribution in [2.24, 2.45) is 0 Å². The SMILES string of the molecule is S=C(NCC1(c2ccc(Cl)cc2)CCCCC1)Nc1nc(Sc2ncccn2)cc(N2CCCCC2)n1. The molecule has 2 aromatic heterocycles. The fourth-order valence-corrected chi connectivity index (χ4v) is 6.23. The molecule has 1 aliphatic carbocycles. The third kappa shape index (κ3) is 6.89. The first-order chi connectivity index (χ1) is 18.1. The molecule has 1 saturated carbocycles. The minimum atomic E-state index is 0.0384. The summed E-state index contributed by atoms with van der Waals surface area (Å²) in [5.41, 5.74) is 1.35. The van der Waals surface area contributed by atoms with Crippen LogP contribution < -0.4 is 15.5 Å². The van der Waals surface area contributed by atoms with Gasteiger partial charge in [0, 0.05) is 48.5 Å². The Kier molecular flexibility index (Phi) is 8.74. The number of aromatic nitrogens is 4. The summed E-state index contributed by atoms with van der Waals surface area (Å²) in [6.07, 6.45) is 13.0. The van der Waals surface area contributed by atoms with Gasteiger partial charge in [-0.1, -0.05) is 43.0 Å². The predicted octanol–water partition coefficient (Wildman–Crippen LogP) is 6.25. The van der Waals surface area contributed by atoms with E-state index in [-0.39, 0.29) is 5.41 Å². The number of rotatable bonds is 7. The van der Waals surface area contributed by atoms with E-state index in [1.165, 1.54) is 55.9 Å². The second kappa shape index (κ2) is 12.4. The van der Waals surface area contributed by atoms with Gasteiger partial charge in [0.25, 0.3) is 0 Å². The summed E-state index contributed by atoms with van der Waals surface area (Å²) in [5, 5.41) is 9.48. The number of halogens is 1. The third-order valence-corrected chi connectivity index (χ3v) is 8.50. The Morgan fingerprint density at radius 2 is 1.68 bits per heavy atom. The molecule has 0 bridgehead atoms. The molecule has 0 spiro atoms. The lowest BCUT2D eigenvalue weighted by Crippen LogP contribution is -2.43. The normalized spacial score (nSPS) is 17.3. The first kappa shape index (κ1) is 26.1. The number of anilines is 2. The zero-order chi connectivity index (χ0) is 25.5. The van der Waals surface area contributed by atoms with Crippen molar-refractivity contribution in [2.45, 2.75) is 67.0 Å². The van der Waals surface area contributed by atoms with Gasteiger partial charge in [0.05, 0.1) is 0 Å². The average Bonchev–Trinajstić information content (AvgIpc) is 2.94. The van der Waals surface area contributed by atoms with Gasteiger partial charge in [0.15, 0.2) is 10.3 Å². The lowest BCUT2D eigenvalue weighted by Gasteiger charge is -2.38. The topological polar surface area (TPSA) is 78.9 Å². The summed E-state index contributed by atoms with van der Waals surface area (Å²) < 4.78 is 0. The summed E-state index contributed by atoms with van der Waals surface area (Å²) in [6, 6.07) is 12.1. The van der Waals surface area contributed by atoms with E-state index in [2.05, 4.69) is 37.6 Å². The van der Waals surface area contributed by atoms with Gasteiger partial charge in [0.2, 0.25) is 5.95 Å². The highest BCUT2D eigenvalue weighted by Crippen LogP contribution is 2.39. The molecule has 1 aromatic carbocycles. The highest BCUT2D eigenvalue weighted by atomic mass is 35.5. The molecule has 194 valence electrons. The van der Waals surface area contributed by atoms with E-state index in [4.69, 9.17) is 33.8 Å². The van der Waals surface area contributed by atoms with Crippen LogP contribution in [0.2, 0.25) is 5.02 Å². The van der Waals surface area contributed by atoms with E-state index in [0.29, 0.717) is 16.2 Å². The van der Waals surface area contributed by atoms with Gasteiger partial charge in [-0.15, -0.1) is 0 Å². The van der Waals surface area contributed by atoms with E-state index in [0.717, 1.165) is 48.3 Å². The van der Waals surface area contributed by atoms with E-state index < -0.39 is 0 Å². The molecule has 0 atom stereocenters. The fraction of sp³-hybridized carbons (Fsp3) is 0.444. The Morgan fingerprint density at radius 1 is 0.973 bits per heavy atom. The zero-order valence-electron chi connectivity index (χ0n) is 20.8. The van der Waals surface area contributed by atoms with Crippen LogP contribution in [0.4, 0.5) is 11.8 Å². The standard InChI is InChI=1S/C27H32ClN7S2/c28-21-10-8-20(9-11-21)27(12-3-1-4-13-27)19-31-25(36)34-24-32-22(35-16-5-2-6-17-35)18-23(33-24)37-26-29-14-7-15-30-26/h7-11,14-15,18H,1-6,12-13,16-17,19H2,(H2,31,32,33,34,36). The van der Waals surface area contributed by atoms with Crippen molar-refractivity contribution < 1.29 is 0 Å². The maximum Gasteiger partial charge on any atom is 0.232 e. The quantitative estimate of drug-likeness (QED) is 0.200. The van der Waals surface area contributed by atoms with Crippen molar-refractivity contribution in [2.75, 3.05) is 29.9 Å². The van der Waals surface area contributed by atoms with Gasteiger partial charge >= 0.3 is 0 Å². The lowest BCUT2D eigenvalue weighted by molar-refractivity contribution is 0.292. The zero-order valence-corrected chi connectivity index (χ0v) is 23.2. The molecule has 7 nitrogen and oxygen atoms in total. The first-order valence-electron chi connectivity index (χ1n) is 13.0. The van der Waals surface area contributed by atoms with E-state index in [1.54, 1.807) is 12.4 Å². The predicted molar refractivity (Wildman–Crippen MR) is 155 cm³/mol. The maximum absolute atomic E-state index is 6.17. The van der Waals surface area contributed by atoms with E-state index in [9.17, 15) is 0 Å². The van der Waals surface area contributed by atoms with Crippen molar-refractivity contribution in [1.29, 1.82) is 0 Å². The Hall–Kier alpha value is -2.49. The van der Waals surface area contributed by atoms with Gasteiger partial charge in [-0.2, -0.15) is 4.98 Å². The van der Waals surface area contributed by atoms with Crippen molar-refractivity contribution in [3.05, 3.63) is 59.4 Å². The number of thiocarbonyl (C=S) groups is 1. The van der Waals surface area contributed by atoms with Gasteiger partial charge in [-0.25, -0.2) is 15.0 Å². The molecule has 0 radical (unpaired) electrons. The monoisotopic (exact) mass is 553 g/mol. The molecule has 3 aromatic rings. The Balaban J connectivity index is 1.32. The molecule has 0 amide bonds. The summed E-state index contributed by atoms with van der Waals surface area (Å²) in [6.45, 7) is 2.75. The Labute approximate surface area is 233 Å². The number of nitrogens with one attached hydrogen (secondary N) is 2. The van der Waals surface area contributed by atoms with Gasteiger partial charge in [-0.3, -0.25) is 0 Å². The molecule has 3 heterocycles. The third-order valence-electron chi connectivity index (χ3n) is 7.19. The molecule has 10 heteroatoms. The minimum absolute atomic E-state index is 0.0384. The van der Waals surface area contributed by atoms with Crippen LogP contribution in [0.15, 0.2) is 59.0 Å². The molecule has 37 heavy (non-hydrogen) atoms. The van der Waals surface area contributed by atoms with Crippen LogP contribution in [0.1, 0.15) is 56.9 Å². The van der Waals surface area contributed by atoms with E-state index >= 15 is 0 Å². The molecule has 2 aliphatic rings.